The maximum Gasteiger partial charge on any atom is 0.354 e. The molecule has 1 aromatic rings. The lowest BCUT2D eigenvalue weighted by Gasteiger charge is -2.11. The van der Waals surface area contributed by atoms with Crippen LogP contribution in [0.15, 0.2) is 36.0 Å². The summed E-state index contributed by atoms with van der Waals surface area (Å²) in [6.07, 6.45) is 2.00. The van der Waals surface area contributed by atoms with Crippen LogP contribution in [0.2, 0.25) is 0 Å². The second kappa shape index (κ2) is 8.84. The topological polar surface area (TPSA) is 67.9 Å². The summed E-state index contributed by atoms with van der Waals surface area (Å²) >= 11 is 0. The minimum atomic E-state index is -0.637. The van der Waals surface area contributed by atoms with Gasteiger partial charge in [-0.15, -0.1) is 0 Å². The Hall–Kier alpha value is -2.34. The Morgan fingerprint density at radius 1 is 1.14 bits per heavy atom. The van der Waals surface area contributed by atoms with Crippen LogP contribution in [-0.4, -0.2) is 51.7 Å². The van der Waals surface area contributed by atoms with Crippen molar-refractivity contribution in [2.45, 2.75) is 6.42 Å². The van der Waals surface area contributed by atoms with Crippen LogP contribution < -0.4 is 5.32 Å². The van der Waals surface area contributed by atoms with E-state index in [0.29, 0.717) is 5.69 Å². The number of rotatable bonds is 7. The molecule has 0 fully saturated rings. The molecule has 1 aromatic carbocycles. The third kappa shape index (κ3) is 5.97. The molecule has 6 nitrogen and oxygen atoms in total. The van der Waals surface area contributed by atoms with Gasteiger partial charge in [0, 0.05) is 12.2 Å². The summed E-state index contributed by atoms with van der Waals surface area (Å²) in [6.45, 7) is 0.961. The number of esters is 2. The van der Waals surface area contributed by atoms with Crippen molar-refractivity contribution >= 4 is 17.6 Å². The highest BCUT2D eigenvalue weighted by Gasteiger charge is 2.12. The number of nitrogens with one attached hydrogen (secondary N) is 1. The fourth-order valence-corrected chi connectivity index (χ4v) is 1.70. The molecule has 0 aliphatic heterocycles. The Bertz CT molecular complexity index is 536. The van der Waals surface area contributed by atoms with Gasteiger partial charge in [-0.05, 0) is 38.2 Å². The molecular weight excluding hydrogens is 284 g/mol. The van der Waals surface area contributed by atoms with Crippen molar-refractivity contribution in [3.63, 3.8) is 0 Å². The number of methoxy groups -OCH3 is 2. The summed E-state index contributed by atoms with van der Waals surface area (Å²) < 4.78 is 9.15. The number of anilines is 1. The summed E-state index contributed by atoms with van der Waals surface area (Å²) in [6, 6.07) is 7.63. The molecule has 0 unspecified atom stereocenters. The van der Waals surface area contributed by atoms with Gasteiger partial charge in [-0.2, -0.15) is 0 Å². The molecule has 0 saturated heterocycles. The van der Waals surface area contributed by atoms with Gasteiger partial charge in [0.15, 0.2) is 0 Å². The Kier molecular flexibility index (Phi) is 7.12. The van der Waals surface area contributed by atoms with Gasteiger partial charge < -0.3 is 19.7 Å². The number of hydrogen-bond donors (Lipinski definition) is 1. The van der Waals surface area contributed by atoms with Gasteiger partial charge in [-0.1, -0.05) is 12.1 Å². The third-order valence-corrected chi connectivity index (χ3v) is 2.95. The van der Waals surface area contributed by atoms with E-state index in [2.05, 4.69) is 19.7 Å². The maximum atomic E-state index is 11.6. The third-order valence-electron chi connectivity index (χ3n) is 2.95. The summed E-state index contributed by atoms with van der Waals surface area (Å²) in [5.41, 5.74) is 1.90. The molecule has 0 aliphatic rings. The Balaban J connectivity index is 2.79. The zero-order chi connectivity index (χ0) is 16.5. The van der Waals surface area contributed by atoms with Gasteiger partial charge in [0.25, 0.3) is 0 Å². The molecule has 0 heterocycles. The second-order valence-electron chi connectivity index (χ2n) is 4.95. The van der Waals surface area contributed by atoms with Gasteiger partial charge in [0.1, 0.15) is 5.70 Å². The number of likely N-dealkylation sites (N-methyl/N-ethyl adjacent to an activating group) is 1. The molecule has 0 aliphatic carbocycles. The van der Waals surface area contributed by atoms with Crippen LogP contribution in [0.4, 0.5) is 5.69 Å². The first-order chi connectivity index (χ1) is 10.5. The average Bonchev–Trinajstić information content (AvgIpc) is 2.52. The minimum Gasteiger partial charge on any atom is -0.466 e. The predicted octanol–water partition coefficient (Wildman–Crippen LogP) is 1.43. The standard InChI is InChI=1S/C16H22N2O4/c1-18(2)10-9-12-5-7-13(8-6-12)17-14(16(20)22-4)11-15(19)21-3/h5-8,11,17H,9-10H2,1-4H3/b14-11+. The number of nitrogens with zero attached hydrogens (tertiary/aromatic N) is 1. The molecule has 0 aromatic heterocycles. The highest BCUT2D eigenvalue weighted by Crippen LogP contribution is 2.13. The van der Waals surface area contributed by atoms with Crippen LogP contribution >= 0.6 is 0 Å². The van der Waals surface area contributed by atoms with Crippen LogP contribution in [0.25, 0.3) is 0 Å². The molecule has 1 rings (SSSR count). The lowest BCUT2D eigenvalue weighted by molar-refractivity contribution is -0.138. The van der Waals surface area contributed by atoms with E-state index in [1.54, 1.807) is 0 Å². The van der Waals surface area contributed by atoms with E-state index < -0.39 is 11.9 Å². The van der Waals surface area contributed by atoms with E-state index >= 15 is 0 Å². The summed E-state index contributed by atoms with van der Waals surface area (Å²) in [5.74, 6) is -1.27. The Labute approximate surface area is 130 Å². The fraction of sp³-hybridized carbons (Fsp3) is 0.375. The Morgan fingerprint density at radius 3 is 2.27 bits per heavy atom. The number of hydrogen-bond acceptors (Lipinski definition) is 6. The zero-order valence-electron chi connectivity index (χ0n) is 13.4. The molecule has 0 spiro atoms. The first kappa shape index (κ1) is 17.7. The molecule has 6 heteroatoms. The van der Waals surface area contributed by atoms with Crippen molar-refractivity contribution in [1.82, 2.24) is 4.90 Å². The minimum absolute atomic E-state index is 0.0235. The van der Waals surface area contributed by atoms with Crippen molar-refractivity contribution in [3.05, 3.63) is 41.6 Å². The van der Waals surface area contributed by atoms with Crippen LogP contribution in [0.5, 0.6) is 0 Å². The highest BCUT2D eigenvalue weighted by atomic mass is 16.5. The number of carbonyl (C=O) groups is 2. The van der Waals surface area contributed by atoms with Crippen molar-refractivity contribution in [2.75, 3.05) is 40.2 Å². The molecule has 0 atom stereocenters. The van der Waals surface area contributed by atoms with Crippen LogP contribution in [0.1, 0.15) is 5.56 Å². The molecule has 120 valence electrons. The maximum absolute atomic E-state index is 11.6. The van der Waals surface area contributed by atoms with Crippen LogP contribution in [0.3, 0.4) is 0 Å². The zero-order valence-corrected chi connectivity index (χ0v) is 13.4. The van der Waals surface area contributed by atoms with Crippen molar-refractivity contribution in [2.24, 2.45) is 0 Å². The smallest absolute Gasteiger partial charge is 0.354 e. The normalized spacial score (nSPS) is 11.2. The van der Waals surface area contributed by atoms with Crippen molar-refractivity contribution in [1.29, 1.82) is 0 Å². The number of benzene rings is 1. The lowest BCUT2D eigenvalue weighted by atomic mass is 10.1. The average molecular weight is 306 g/mol. The van der Waals surface area contributed by atoms with Gasteiger partial charge in [0.05, 0.1) is 20.3 Å². The van der Waals surface area contributed by atoms with E-state index in [0.717, 1.165) is 19.0 Å². The lowest BCUT2D eigenvalue weighted by Crippen LogP contribution is -2.16. The number of carbonyl (C=O) groups excluding carboxylic acids is 2. The quantitative estimate of drug-likeness (QED) is 0.607. The largest absolute Gasteiger partial charge is 0.466 e. The monoisotopic (exact) mass is 306 g/mol. The second-order valence-corrected chi connectivity index (χ2v) is 4.95. The van der Waals surface area contributed by atoms with Gasteiger partial charge in [-0.3, -0.25) is 0 Å². The van der Waals surface area contributed by atoms with E-state index in [4.69, 9.17) is 0 Å². The molecule has 0 saturated carbocycles. The van der Waals surface area contributed by atoms with Gasteiger partial charge in [0.2, 0.25) is 0 Å². The summed E-state index contributed by atoms with van der Waals surface area (Å²) in [7, 11) is 6.54. The van der Waals surface area contributed by atoms with E-state index in [9.17, 15) is 9.59 Å². The molecule has 1 N–H and O–H groups in total. The fourth-order valence-electron chi connectivity index (χ4n) is 1.70. The predicted molar refractivity (Wildman–Crippen MR) is 84.4 cm³/mol. The summed E-state index contributed by atoms with van der Waals surface area (Å²) in [5, 5.41) is 2.86. The first-order valence-corrected chi connectivity index (χ1v) is 6.85. The van der Waals surface area contributed by atoms with Crippen molar-refractivity contribution < 1.29 is 19.1 Å². The van der Waals surface area contributed by atoms with E-state index in [1.807, 2.05) is 38.4 Å². The highest BCUT2D eigenvalue weighted by molar-refractivity contribution is 5.98. The summed E-state index contributed by atoms with van der Waals surface area (Å²) in [4.78, 5) is 25.0. The molecule has 0 radical (unpaired) electrons. The van der Waals surface area contributed by atoms with Crippen LogP contribution in [-0.2, 0) is 25.5 Å². The van der Waals surface area contributed by atoms with Crippen molar-refractivity contribution in [3.8, 4) is 0 Å². The Morgan fingerprint density at radius 2 is 1.77 bits per heavy atom. The van der Waals surface area contributed by atoms with Gasteiger partial charge >= 0.3 is 11.9 Å². The van der Waals surface area contributed by atoms with Crippen LogP contribution in [0, 0.1) is 0 Å². The molecule has 0 bridgehead atoms. The molecule has 0 amide bonds. The van der Waals surface area contributed by atoms with E-state index in [-0.39, 0.29) is 5.70 Å². The molecular formula is C16H22N2O4. The number of ether oxygens (including phenoxy) is 2. The van der Waals surface area contributed by atoms with E-state index in [1.165, 1.54) is 19.8 Å². The first-order valence-electron chi connectivity index (χ1n) is 6.85. The molecule has 22 heavy (non-hydrogen) atoms. The SMILES string of the molecule is COC(=O)/C=C(/Nc1ccc(CCN(C)C)cc1)C(=O)OC. The van der Waals surface area contributed by atoms with Gasteiger partial charge in [-0.25, -0.2) is 9.59 Å².